The second kappa shape index (κ2) is 10.5. The second-order valence-corrected chi connectivity index (χ2v) is 10.7. The number of hydrogen-bond donors (Lipinski definition) is 1. The van der Waals surface area contributed by atoms with Crippen molar-refractivity contribution in [2.75, 3.05) is 38.1 Å². The average Bonchev–Trinajstić information content (AvgIpc) is 3.38. The fourth-order valence-corrected chi connectivity index (χ4v) is 6.52. The molecule has 2 aromatic carbocycles. The van der Waals surface area contributed by atoms with E-state index in [4.69, 9.17) is 4.74 Å². The Labute approximate surface area is 198 Å². The molecule has 0 aliphatic carbocycles. The van der Waals surface area contributed by atoms with Crippen molar-refractivity contribution in [3.63, 3.8) is 0 Å². The van der Waals surface area contributed by atoms with Gasteiger partial charge in [0, 0.05) is 26.2 Å². The Bertz CT molecular complexity index is 1160. The maximum Gasteiger partial charge on any atom is 0.252 e. The van der Waals surface area contributed by atoms with Crippen molar-refractivity contribution in [2.24, 2.45) is 0 Å². The highest BCUT2D eigenvalue weighted by atomic mass is 32.2. The molecule has 1 atom stereocenters. The minimum absolute atomic E-state index is 0.178. The van der Waals surface area contributed by atoms with E-state index in [1.54, 1.807) is 17.5 Å². The zero-order valence-corrected chi connectivity index (χ0v) is 20.0. The number of para-hydroxylation sites is 2. The molecule has 1 N–H and O–H groups in total. The minimum Gasteiger partial charge on any atom is -0.492 e. The summed E-state index contributed by atoms with van der Waals surface area (Å²) in [7, 11) is -3.51. The maximum absolute atomic E-state index is 13.5. The van der Waals surface area contributed by atoms with Crippen LogP contribution in [0.1, 0.15) is 18.5 Å². The average molecular weight is 486 g/mol. The zero-order chi connectivity index (χ0) is 23.3. The highest BCUT2D eigenvalue weighted by Crippen LogP contribution is 2.29. The van der Waals surface area contributed by atoms with Crippen molar-refractivity contribution < 1.29 is 17.9 Å². The summed E-state index contributed by atoms with van der Waals surface area (Å²) in [5.74, 6) is 0.440. The first-order valence-electron chi connectivity index (χ1n) is 10.9. The number of rotatable bonds is 8. The number of piperazine rings is 1. The molecular formula is C24H27N3O4S2. The summed E-state index contributed by atoms with van der Waals surface area (Å²) in [6.45, 7) is 3.94. The van der Waals surface area contributed by atoms with Gasteiger partial charge in [0.15, 0.2) is 0 Å². The van der Waals surface area contributed by atoms with Gasteiger partial charge in [-0.3, -0.25) is 9.69 Å². The van der Waals surface area contributed by atoms with E-state index in [9.17, 15) is 13.2 Å². The zero-order valence-electron chi connectivity index (χ0n) is 18.4. The van der Waals surface area contributed by atoms with Gasteiger partial charge in [0.1, 0.15) is 16.0 Å². The van der Waals surface area contributed by atoms with Crippen LogP contribution in [0.4, 0.5) is 5.69 Å². The van der Waals surface area contributed by atoms with E-state index in [0.29, 0.717) is 48.4 Å². The third kappa shape index (κ3) is 5.27. The van der Waals surface area contributed by atoms with Gasteiger partial charge in [-0.2, -0.15) is 4.31 Å². The Morgan fingerprint density at radius 3 is 2.36 bits per heavy atom. The lowest BCUT2D eigenvalue weighted by Crippen LogP contribution is -2.51. The van der Waals surface area contributed by atoms with Crippen LogP contribution in [0.2, 0.25) is 0 Å². The molecule has 2 heterocycles. The van der Waals surface area contributed by atoms with Gasteiger partial charge in [-0.25, -0.2) is 8.42 Å². The van der Waals surface area contributed by atoms with E-state index in [2.05, 4.69) is 5.32 Å². The van der Waals surface area contributed by atoms with Gasteiger partial charge in [-0.1, -0.05) is 48.5 Å². The van der Waals surface area contributed by atoms with E-state index in [0.717, 1.165) is 5.56 Å². The third-order valence-corrected chi connectivity index (χ3v) is 8.81. The van der Waals surface area contributed by atoms with Gasteiger partial charge in [-0.15, -0.1) is 11.3 Å². The lowest BCUT2D eigenvalue weighted by atomic mass is 10.0. The molecule has 0 bridgehead atoms. The number of sulfonamides is 1. The lowest BCUT2D eigenvalue weighted by Gasteiger charge is -2.38. The van der Waals surface area contributed by atoms with Crippen LogP contribution in [0.15, 0.2) is 76.3 Å². The smallest absolute Gasteiger partial charge is 0.252 e. The van der Waals surface area contributed by atoms with E-state index in [1.807, 2.05) is 66.4 Å². The topological polar surface area (TPSA) is 79.0 Å². The second-order valence-electron chi connectivity index (χ2n) is 7.60. The van der Waals surface area contributed by atoms with Crippen molar-refractivity contribution in [3.05, 3.63) is 77.7 Å². The van der Waals surface area contributed by atoms with E-state index in [1.165, 1.54) is 15.6 Å². The van der Waals surface area contributed by atoms with E-state index < -0.39 is 16.1 Å². The Kier molecular flexibility index (Phi) is 7.44. The number of nitrogens with zero attached hydrogens (tertiary/aromatic N) is 2. The van der Waals surface area contributed by atoms with Crippen LogP contribution in [0.25, 0.3) is 0 Å². The normalized spacial score (nSPS) is 16.3. The summed E-state index contributed by atoms with van der Waals surface area (Å²) in [5.41, 5.74) is 1.47. The molecular weight excluding hydrogens is 458 g/mol. The van der Waals surface area contributed by atoms with Crippen molar-refractivity contribution in [3.8, 4) is 5.75 Å². The molecule has 1 aliphatic heterocycles. The van der Waals surface area contributed by atoms with Crippen LogP contribution < -0.4 is 10.1 Å². The van der Waals surface area contributed by atoms with Crippen LogP contribution in [0, 0.1) is 0 Å². The molecule has 1 aromatic heterocycles. The van der Waals surface area contributed by atoms with Gasteiger partial charge >= 0.3 is 0 Å². The molecule has 1 fully saturated rings. The van der Waals surface area contributed by atoms with E-state index in [-0.39, 0.29) is 5.91 Å². The van der Waals surface area contributed by atoms with Gasteiger partial charge in [0.25, 0.3) is 10.0 Å². The van der Waals surface area contributed by atoms with Crippen LogP contribution in [-0.2, 0) is 14.8 Å². The quantitative estimate of drug-likeness (QED) is 0.525. The van der Waals surface area contributed by atoms with Crippen molar-refractivity contribution in [1.82, 2.24) is 9.21 Å². The first kappa shape index (κ1) is 23.4. The molecule has 0 radical (unpaired) electrons. The standard InChI is InChI=1S/C24H27N3O4S2/c1-2-31-21-12-7-6-11-20(21)25-24(28)23(19-9-4-3-5-10-19)26-14-16-27(17-15-26)33(29,30)22-13-8-18-32-22/h3-13,18,23H,2,14-17H2,1H3,(H,25,28)/t23-/m0/s1. The number of anilines is 1. The highest BCUT2D eigenvalue weighted by Gasteiger charge is 2.35. The summed E-state index contributed by atoms with van der Waals surface area (Å²) < 4.78 is 33.3. The summed E-state index contributed by atoms with van der Waals surface area (Å²) in [6, 6.07) is 19.7. The van der Waals surface area contributed by atoms with Gasteiger partial charge in [0.2, 0.25) is 5.91 Å². The Morgan fingerprint density at radius 2 is 1.70 bits per heavy atom. The fourth-order valence-electron chi connectivity index (χ4n) is 3.96. The Hall–Kier alpha value is -2.72. The molecule has 7 nitrogen and oxygen atoms in total. The molecule has 174 valence electrons. The molecule has 0 unspecified atom stereocenters. The number of benzene rings is 2. The molecule has 1 amide bonds. The number of carbonyl (C=O) groups is 1. The SMILES string of the molecule is CCOc1ccccc1NC(=O)[C@H](c1ccccc1)N1CCN(S(=O)(=O)c2cccs2)CC1. The number of carbonyl (C=O) groups excluding carboxylic acids is 1. The Morgan fingerprint density at radius 1 is 1.00 bits per heavy atom. The van der Waals surface area contributed by atoms with Gasteiger partial charge < -0.3 is 10.1 Å². The predicted molar refractivity (Wildman–Crippen MR) is 130 cm³/mol. The molecule has 33 heavy (non-hydrogen) atoms. The monoisotopic (exact) mass is 485 g/mol. The number of nitrogens with one attached hydrogen (secondary N) is 1. The maximum atomic E-state index is 13.5. The van der Waals surface area contributed by atoms with Crippen LogP contribution >= 0.6 is 11.3 Å². The number of ether oxygens (including phenoxy) is 1. The summed E-state index contributed by atoms with van der Waals surface area (Å²) in [6.07, 6.45) is 0. The van der Waals surface area contributed by atoms with Crippen molar-refractivity contribution in [2.45, 2.75) is 17.2 Å². The number of hydrogen-bond acceptors (Lipinski definition) is 6. The summed E-state index contributed by atoms with van der Waals surface area (Å²) in [5, 5.41) is 4.78. The van der Waals surface area contributed by atoms with Gasteiger partial charge in [-0.05, 0) is 36.1 Å². The van der Waals surface area contributed by atoms with Crippen molar-refractivity contribution in [1.29, 1.82) is 0 Å². The van der Waals surface area contributed by atoms with Crippen molar-refractivity contribution >= 4 is 33.0 Å². The van der Waals surface area contributed by atoms with Gasteiger partial charge in [0.05, 0.1) is 12.3 Å². The largest absolute Gasteiger partial charge is 0.492 e. The van der Waals surface area contributed by atoms with Crippen LogP contribution in [0.5, 0.6) is 5.75 Å². The number of thiophene rings is 1. The van der Waals surface area contributed by atoms with E-state index >= 15 is 0 Å². The minimum atomic E-state index is -3.51. The Balaban J connectivity index is 1.54. The third-order valence-electron chi connectivity index (χ3n) is 5.54. The first-order chi connectivity index (χ1) is 16.0. The highest BCUT2D eigenvalue weighted by molar-refractivity contribution is 7.91. The molecule has 1 aliphatic rings. The molecule has 4 rings (SSSR count). The fraction of sp³-hybridized carbons (Fsp3) is 0.292. The molecule has 1 saturated heterocycles. The lowest BCUT2D eigenvalue weighted by molar-refractivity contribution is -0.122. The molecule has 0 saturated carbocycles. The summed E-state index contributed by atoms with van der Waals surface area (Å²) >= 11 is 1.22. The summed E-state index contributed by atoms with van der Waals surface area (Å²) in [4.78, 5) is 15.5. The number of amides is 1. The van der Waals surface area contributed by atoms with Crippen LogP contribution in [0.3, 0.4) is 0 Å². The molecule has 0 spiro atoms. The predicted octanol–water partition coefficient (Wildman–Crippen LogP) is 3.83. The molecule has 9 heteroatoms. The first-order valence-corrected chi connectivity index (χ1v) is 13.2. The van der Waals surface area contributed by atoms with Crippen LogP contribution in [-0.4, -0.2) is 56.3 Å². The molecule has 3 aromatic rings.